The Morgan fingerprint density at radius 1 is 1.05 bits per heavy atom. The monoisotopic (exact) mass is 294 g/mol. The van der Waals surface area contributed by atoms with Gasteiger partial charge in [-0.1, -0.05) is 0 Å². The quantitative estimate of drug-likeness (QED) is 0.892. The van der Waals surface area contributed by atoms with Crippen LogP contribution in [-0.2, 0) is 19.0 Å². The van der Waals surface area contributed by atoms with Crippen LogP contribution in [0.2, 0.25) is 0 Å². The van der Waals surface area contributed by atoms with Crippen molar-refractivity contribution < 1.29 is 13.2 Å². The Morgan fingerprint density at radius 3 is 2.43 bits per heavy atom. The number of halogens is 3. The minimum atomic E-state index is -4.34. The van der Waals surface area contributed by atoms with E-state index in [0.717, 1.165) is 42.7 Å². The molecule has 0 radical (unpaired) electrons. The van der Waals surface area contributed by atoms with E-state index in [1.165, 1.54) is 12.1 Å². The lowest BCUT2D eigenvalue weighted by atomic mass is 10.2. The second-order valence-corrected chi connectivity index (χ2v) is 4.91. The molecule has 0 amide bonds. The van der Waals surface area contributed by atoms with Crippen LogP contribution in [0.3, 0.4) is 0 Å². The predicted molar refractivity (Wildman–Crippen MR) is 73.2 cm³/mol. The van der Waals surface area contributed by atoms with Crippen LogP contribution in [0.1, 0.15) is 23.2 Å². The lowest BCUT2D eigenvalue weighted by molar-refractivity contribution is -0.137. The molecule has 7 heteroatoms. The Bertz CT molecular complexity index is 665. The Hall–Kier alpha value is -2.31. The minimum Gasteiger partial charge on any atom is -0.383 e. The van der Waals surface area contributed by atoms with Crippen molar-refractivity contribution in [2.75, 3.05) is 11.1 Å². The van der Waals surface area contributed by atoms with Gasteiger partial charge in [0, 0.05) is 11.3 Å². The maximum absolute atomic E-state index is 12.5. The molecule has 0 bridgehead atoms. The van der Waals surface area contributed by atoms with Gasteiger partial charge in [0.25, 0.3) is 0 Å². The summed E-state index contributed by atoms with van der Waals surface area (Å²) in [4.78, 5) is 8.50. The lowest BCUT2D eigenvalue weighted by Gasteiger charge is -2.10. The Morgan fingerprint density at radius 2 is 1.76 bits per heavy atom. The smallest absolute Gasteiger partial charge is 0.383 e. The average Bonchev–Trinajstić information content (AvgIpc) is 2.87. The first-order valence-corrected chi connectivity index (χ1v) is 6.53. The first-order valence-electron chi connectivity index (χ1n) is 6.53. The summed E-state index contributed by atoms with van der Waals surface area (Å²) >= 11 is 0. The molecule has 2 aromatic rings. The van der Waals surface area contributed by atoms with Gasteiger partial charge in [-0.15, -0.1) is 0 Å². The number of nitrogens with one attached hydrogen (secondary N) is 1. The van der Waals surface area contributed by atoms with Gasteiger partial charge in [-0.2, -0.15) is 18.2 Å². The van der Waals surface area contributed by atoms with Gasteiger partial charge in [-0.3, -0.25) is 0 Å². The van der Waals surface area contributed by atoms with Crippen LogP contribution in [0.15, 0.2) is 24.3 Å². The molecular formula is C14H13F3N4. The van der Waals surface area contributed by atoms with E-state index >= 15 is 0 Å². The van der Waals surface area contributed by atoms with Crippen molar-refractivity contribution >= 4 is 17.5 Å². The molecular weight excluding hydrogens is 281 g/mol. The van der Waals surface area contributed by atoms with Crippen LogP contribution in [0.25, 0.3) is 0 Å². The summed E-state index contributed by atoms with van der Waals surface area (Å²) in [6, 6.07) is 4.71. The number of hydrogen-bond acceptors (Lipinski definition) is 4. The van der Waals surface area contributed by atoms with Gasteiger partial charge < -0.3 is 11.1 Å². The maximum Gasteiger partial charge on any atom is 0.416 e. The second kappa shape index (κ2) is 4.91. The second-order valence-electron chi connectivity index (χ2n) is 4.91. The van der Waals surface area contributed by atoms with Crippen LogP contribution in [-0.4, -0.2) is 9.97 Å². The van der Waals surface area contributed by atoms with Crippen molar-refractivity contribution in [2.24, 2.45) is 0 Å². The van der Waals surface area contributed by atoms with Gasteiger partial charge in [-0.25, -0.2) is 4.98 Å². The van der Waals surface area contributed by atoms with E-state index in [-0.39, 0.29) is 0 Å². The number of nitrogens with zero attached hydrogens (tertiary/aromatic N) is 2. The number of benzene rings is 1. The number of alkyl halides is 3. The molecule has 3 N–H and O–H groups in total. The van der Waals surface area contributed by atoms with E-state index in [9.17, 15) is 13.2 Å². The van der Waals surface area contributed by atoms with Crippen LogP contribution >= 0.6 is 0 Å². The molecule has 1 aromatic heterocycles. The topological polar surface area (TPSA) is 63.8 Å². The number of hydrogen-bond donors (Lipinski definition) is 2. The fourth-order valence-corrected chi connectivity index (χ4v) is 2.39. The highest BCUT2D eigenvalue weighted by atomic mass is 19.4. The van der Waals surface area contributed by atoms with Gasteiger partial charge in [0.05, 0.1) is 11.3 Å². The first-order chi connectivity index (χ1) is 9.93. The third-order valence-electron chi connectivity index (χ3n) is 3.43. The molecule has 0 saturated heterocycles. The lowest BCUT2D eigenvalue weighted by Crippen LogP contribution is -2.06. The fourth-order valence-electron chi connectivity index (χ4n) is 2.39. The van der Waals surface area contributed by atoms with Gasteiger partial charge in [0.1, 0.15) is 5.82 Å². The van der Waals surface area contributed by atoms with Crippen LogP contribution in [0.5, 0.6) is 0 Å². The van der Waals surface area contributed by atoms with Crippen molar-refractivity contribution in [1.82, 2.24) is 9.97 Å². The fraction of sp³-hybridized carbons (Fsp3) is 0.286. The van der Waals surface area contributed by atoms with Crippen LogP contribution < -0.4 is 11.1 Å². The summed E-state index contributed by atoms with van der Waals surface area (Å²) in [7, 11) is 0. The summed E-state index contributed by atoms with van der Waals surface area (Å²) in [6.45, 7) is 0. The summed E-state index contributed by atoms with van der Waals surface area (Å²) < 4.78 is 37.5. The highest BCUT2D eigenvalue weighted by Gasteiger charge is 2.30. The van der Waals surface area contributed by atoms with E-state index < -0.39 is 11.7 Å². The van der Waals surface area contributed by atoms with E-state index in [1.807, 2.05) is 0 Å². The molecule has 0 saturated carbocycles. The third kappa shape index (κ3) is 2.76. The number of nitrogen functional groups attached to an aromatic ring is 1. The summed E-state index contributed by atoms with van der Waals surface area (Å²) in [5, 5.41) is 2.88. The molecule has 0 fully saturated rings. The minimum absolute atomic E-state index is 0.313. The van der Waals surface area contributed by atoms with Gasteiger partial charge >= 0.3 is 6.18 Å². The molecule has 110 valence electrons. The molecule has 3 rings (SSSR count). The largest absolute Gasteiger partial charge is 0.416 e. The van der Waals surface area contributed by atoms with E-state index in [2.05, 4.69) is 15.3 Å². The number of aromatic nitrogens is 2. The number of fused-ring (bicyclic) bond motifs is 1. The number of nitrogens with two attached hydrogens (primary N) is 1. The molecule has 1 aromatic carbocycles. The zero-order valence-electron chi connectivity index (χ0n) is 11.0. The van der Waals surface area contributed by atoms with Crippen molar-refractivity contribution in [2.45, 2.75) is 25.4 Å². The van der Waals surface area contributed by atoms with Crippen LogP contribution in [0.4, 0.5) is 30.6 Å². The van der Waals surface area contributed by atoms with Gasteiger partial charge in [0.2, 0.25) is 5.95 Å². The average molecular weight is 294 g/mol. The van der Waals surface area contributed by atoms with Crippen molar-refractivity contribution in [3.05, 3.63) is 41.1 Å². The number of rotatable bonds is 2. The van der Waals surface area contributed by atoms with E-state index in [1.54, 1.807) is 0 Å². The van der Waals surface area contributed by atoms with Gasteiger partial charge in [0.15, 0.2) is 0 Å². The number of anilines is 3. The molecule has 0 unspecified atom stereocenters. The molecule has 4 nitrogen and oxygen atoms in total. The summed E-state index contributed by atoms with van der Waals surface area (Å²) in [5.41, 5.74) is 7.56. The summed E-state index contributed by atoms with van der Waals surface area (Å²) in [5.74, 6) is 0.750. The van der Waals surface area contributed by atoms with E-state index in [0.29, 0.717) is 17.5 Å². The molecule has 21 heavy (non-hydrogen) atoms. The molecule has 0 aliphatic heterocycles. The Labute approximate surface area is 119 Å². The van der Waals surface area contributed by atoms with Gasteiger partial charge in [-0.05, 0) is 43.5 Å². The number of aryl methyl sites for hydroxylation is 1. The zero-order valence-corrected chi connectivity index (χ0v) is 11.0. The Balaban J connectivity index is 1.82. The van der Waals surface area contributed by atoms with E-state index in [4.69, 9.17) is 5.73 Å². The summed E-state index contributed by atoms with van der Waals surface area (Å²) in [6.07, 6.45) is -1.61. The van der Waals surface area contributed by atoms with Crippen LogP contribution in [0, 0.1) is 0 Å². The normalized spacial score (nSPS) is 14.0. The first kappa shape index (κ1) is 13.7. The Kier molecular flexibility index (Phi) is 3.19. The van der Waals surface area contributed by atoms with Crippen molar-refractivity contribution in [3.8, 4) is 0 Å². The SMILES string of the molecule is Nc1nc(Nc2ccc(C(F)(F)F)cc2)nc2c1CCC2. The highest BCUT2D eigenvalue weighted by Crippen LogP contribution is 2.31. The maximum atomic E-state index is 12.5. The third-order valence-corrected chi connectivity index (χ3v) is 3.43. The molecule has 0 atom stereocenters. The zero-order chi connectivity index (χ0) is 15.0. The molecule has 1 aliphatic rings. The van der Waals surface area contributed by atoms with Crippen molar-refractivity contribution in [3.63, 3.8) is 0 Å². The predicted octanol–water partition coefficient (Wildman–Crippen LogP) is 3.31. The molecule has 1 heterocycles. The van der Waals surface area contributed by atoms with Crippen molar-refractivity contribution in [1.29, 1.82) is 0 Å². The highest BCUT2D eigenvalue weighted by molar-refractivity contribution is 5.57. The molecule has 0 spiro atoms. The molecule has 1 aliphatic carbocycles. The standard InChI is InChI=1S/C14H13F3N4/c15-14(16,17)8-4-6-9(7-5-8)19-13-20-11-3-1-2-10(11)12(18)21-13/h4-7H,1-3H2,(H3,18,19,20,21).